The minimum absolute atomic E-state index is 0.00920. The van der Waals surface area contributed by atoms with Crippen LogP contribution in [0.3, 0.4) is 0 Å². The van der Waals surface area contributed by atoms with E-state index in [4.69, 9.17) is 0 Å². The summed E-state index contributed by atoms with van der Waals surface area (Å²) in [6, 6.07) is 12.9. The summed E-state index contributed by atoms with van der Waals surface area (Å²) in [6.45, 7) is 4.07. The topological polar surface area (TPSA) is 50.6 Å². The van der Waals surface area contributed by atoms with Crippen LogP contribution >= 0.6 is 11.3 Å². The van der Waals surface area contributed by atoms with Gasteiger partial charge in [-0.05, 0) is 30.2 Å². The molecule has 4 nitrogen and oxygen atoms in total. The van der Waals surface area contributed by atoms with Crippen LogP contribution in [0.15, 0.2) is 47.8 Å². The van der Waals surface area contributed by atoms with Crippen LogP contribution in [0.25, 0.3) is 0 Å². The summed E-state index contributed by atoms with van der Waals surface area (Å²) >= 11 is 1.39. The number of carbonyl (C=O) groups is 2. The Hall–Kier alpha value is -1.98. The lowest BCUT2D eigenvalue weighted by molar-refractivity contribution is -0.923. The molecular weight excluding hydrogens is 320 g/mol. The number of rotatable bonds is 5. The number of piperidine rings is 1. The predicted molar refractivity (Wildman–Crippen MR) is 95.4 cm³/mol. The zero-order valence-electron chi connectivity index (χ0n) is 13.8. The molecule has 0 bridgehead atoms. The Labute approximate surface area is 146 Å². The number of amides is 1. The van der Waals surface area contributed by atoms with Crippen LogP contribution < -0.4 is 10.2 Å². The van der Waals surface area contributed by atoms with Crippen LogP contribution in [0.2, 0.25) is 0 Å². The van der Waals surface area contributed by atoms with Crippen molar-refractivity contribution in [2.75, 3.05) is 13.1 Å². The first-order chi connectivity index (χ1) is 11.6. The molecule has 1 aliphatic rings. The van der Waals surface area contributed by atoms with Crippen LogP contribution in [-0.2, 0) is 0 Å². The van der Waals surface area contributed by atoms with E-state index < -0.39 is 6.17 Å². The number of benzene rings is 1. The van der Waals surface area contributed by atoms with Gasteiger partial charge in [0.1, 0.15) is 0 Å². The van der Waals surface area contributed by atoms with Gasteiger partial charge in [-0.1, -0.05) is 43.3 Å². The van der Waals surface area contributed by atoms with Crippen molar-refractivity contribution in [1.82, 2.24) is 5.32 Å². The molecular formula is C19H23N2O2S+. The molecule has 1 aromatic heterocycles. The normalized spacial score (nSPS) is 21.9. The smallest absolute Gasteiger partial charge is 0.266 e. The molecule has 2 heterocycles. The fraction of sp³-hybridized carbons (Fsp3) is 0.368. The molecule has 0 saturated carbocycles. The van der Waals surface area contributed by atoms with E-state index in [0.29, 0.717) is 16.4 Å². The van der Waals surface area contributed by atoms with E-state index in [0.717, 1.165) is 30.8 Å². The highest BCUT2D eigenvalue weighted by atomic mass is 32.1. The maximum atomic E-state index is 13.0. The van der Waals surface area contributed by atoms with Crippen LogP contribution in [0, 0.1) is 5.92 Å². The lowest BCUT2D eigenvalue weighted by Gasteiger charge is -2.33. The number of ketones is 1. The summed E-state index contributed by atoms with van der Waals surface area (Å²) in [6.07, 6.45) is 1.65. The van der Waals surface area contributed by atoms with Crippen LogP contribution in [-0.4, -0.2) is 30.9 Å². The highest BCUT2D eigenvalue weighted by Gasteiger charge is 2.34. The summed E-state index contributed by atoms with van der Waals surface area (Å²) < 4.78 is 0. The molecule has 1 aromatic carbocycles. The SMILES string of the molecule is CC1CC[NH+]([C@@H](NC(=O)c2cccs2)C(=O)c2ccccc2)CC1. The number of nitrogens with one attached hydrogen (secondary N) is 2. The third-order valence-corrected chi connectivity index (χ3v) is 5.53. The molecule has 1 aliphatic heterocycles. The Morgan fingerprint density at radius 1 is 1.12 bits per heavy atom. The number of thiophene rings is 1. The monoisotopic (exact) mass is 343 g/mol. The van der Waals surface area contributed by atoms with E-state index in [-0.39, 0.29) is 11.7 Å². The summed E-state index contributed by atoms with van der Waals surface area (Å²) in [4.78, 5) is 27.3. The van der Waals surface area contributed by atoms with Gasteiger partial charge in [-0.2, -0.15) is 0 Å². The van der Waals surface area contributed by atoms with Crippen molar-refractivity contribution < 1.29 is 14.5 Å². The summed E-state index contributed by atoms with van der Waals surface area (Å²) in [5, 5.41) is 4.86. The molecule has 1 amide bonds. The lowest BCUT2D eigenvalue weighted by atomic mass is 9.97. The van der Waals surface area contributed by atoms with Crippen molar-refractivity contribution in [2.24, 2.45) is 5.92 Å². The molecule has 3 rings (SSSR count). The summed E-state index contributed by atoms with van der Waals surface area (Å²) in [5.74, 6) is 0.518. The van der Waals surface area contributed by atoms with Crippen LogP contribution in [0.5, 0.6) is 0 Å². The summed E-state index contributed by atoms with van der Waals surface area (Å²) in [5.41, 5.74) is 0.653. The quantitative estimate of drug-likeness (QED) is 0.816. The number of Topliss-reactive ketones (excluding diaryl/α,β-unsaturated/α-hetero) is 1. The Bertz CT molecular complexity index is 677. The van der Waals surface area contributed by atoms with E-state index in [2.05, 4.69) is 12.2 Å². The average Bonchev–Trinajstić information content (AvgIpc) is 3.15. The van der Waals surface area contributed by atoms with Crippen molar-refractivity contribution in [3.05, 3.63) is 58.3 Å². The molecule has 1 fully saturated rings. The molecule has 5 heteroatoms. The van der Waals surface area contributed by atoms with Gasteiger partial charge in [0.2, 0.25) is 11.9 Å². The van der Waals surface area contributed by atoms with Crippen molar-refractivity contribution in [3.63, 3.8) is 0 Å². The molecule has 1 saturated heterocycles. The number of hydrogen-bond acceptors (Lipinski definition) is 3. The van der Waals surface area contributed by atoms with Crippen LogP contribution in [0.1, 0.15) is 39.8 Å². The second-order valence-corrected chi connectivity index (χ2v) is 7.40. The zero-order valence-corrected chi connectivity index (χ0v) is 14.6. The Morgan fingerprint density at radius 2 is 1.83 bits per heavy atom. The standard InChI is InChI=1S/C19H22N2O2S/c1-14-9-11-21(12-10-14)18(17(22)15-6-3-2-4-7-15)20-19(23)16-8-5-13-24-16/h2-8,13-14,18H,9-12H2,1H3,(H,20,23)/p+1/t18-/m1/s1. The second kappa shape index (κ2) is 7.73. The molecule has 0 spiro atoms. The largest absolute Gasteiger partial charge is 0.309 e. The van der Waals surface area contributed by atoms with E-state index in [1.165, 1.54) is 11.3 Å². The van der Waals surface area contributed by atoms with Gasteiger partial charge >= 0.3 is 0 Å². The minimum Gasteiger partial charge on any atom is -0.309 e. The minimum atomic E-state index is -0.519. The van der Waals surface area contributed by atoms with Gasteiger partial charge in [-0.15, -0.1) is 11.3 Å². The number of likely N-dealkylation sites (tertiary alicyclic amines) is 1. The Kier molecular flexibility index (Phi) is 5.43. The van der Waals surface area contributed by atoms with Gasteiger partial charge in [-0.25, -0.2) is 0 Å². The first-order valence-electron chi connectivity index (χ1n) is 8.43. The zero-order chi connectivity index (χ0) is 16.9. The van der Waals surface area contributed by atoms with Crippen molar-refractivity contribution in [3.8, 4) is 0 Å². The first kappa shape index (κ1) is 16.9. The van der Waals surface area contributed by atoms with E-state index >= 15 is 0 Å². The fourth-order valence-corrected chi connectivity index (χ4v) is 3.78. The average molecular weight is 343 g/mol. The Morgan fingerprint density at radius 3 is 2.46 bits per heavy atom. The van der Waals surface area contributed by atoms with Gasteiger partial charge in [0.25, 0.3) is 5.91 Å². The maximum absolute atomic E-state index is 13.0. The van der Waals surface area contributed by atoms with E-state index in [9.17, 15) is 9.59 Å². The molecule has 24 heavy (non-hydrogen) atoms. The molecule has 2 aromatic rings. The van der Waals surface area contributed by atoms with Gasteiger partial charge in [0.15, 0.2) is 0 Å². The highest BCUT2D eigenvalue weighted by molar-refractivity contribution is 7.12. The van der Waals surface area contributed by atoms with Crippen molar-refractivity contribution >= 4 is 23.0 Å². The highest BCUT2D eigenvalue weighted by Crippen LogP contribution is 2.11. The van der Waals surface area contributed by atoms with Crippen molar-refractivity contribution in [1.29, 1.82) is 0 Å². The third-order valence-electron chi connectivity index (χ3n) is 4.67. The van der Waals surface area contributed by atoms with E-state index in [1.54, 1.807) is 6.07 Å². The maximum Gasteiger partial charge on any atom is 0.266 e. The van der Waals surface area contributed by atoms with Crippen LogP contribution in [0.4, 0.5) is 0 Å². The molecule has 126 valence electrons. The van der Waals surface area contributed by atoms with Gasteiger partial charge < -0.3 is 4.90 Å². The molecule has 0 unspecified atom stereocenters. The number of quaternary nitrogens is 1. The first-order valence-corrected chi connectivity index (χ1v) is 9.31. The lowest BCUT2D eigenvalue weighted by Crippen LogP contribution is -3.19. The molecule has 2 N–H and O–H groups in total. The molecule has 0 aliphatic carbocycles. The van der Waals surface area contributed by atoms with Crippen molar-refractivity contribution in [2.45, 2.75) is 25.9 Å². The third kappa shape index (κ3) is 3.91. The number of carbonyl (C=O) groups excluding carboxylic acids is 2. The van der Waals surface area contributed by atoms with Gasteiger partial charge in [0.05, 0.1) is 18.0 Å². The van der Waals surface area contributed by atoms with E-state index in [1.807, 2.05) is 41.8 Å². The second-order valence-electron chi connectivity index (χ2n) is 6.45. The van der Waals surface area contributed by atoms with Gasteiger partial charge in [0, 0.05) is 5.56 Å². The molecule has 1 atom stereocenters. The molecule has 0 radical (unpaired) electrons. The number of hydrogen-bond donors (Lipinski definition) is 2. The fourth-order valence-electron chi connectivity index (χ4n) is 3.15. The predicted octanol–water partition coefficient (Wildman–Crippen LogP) is 2.00. The van der Waals surface area contributed by atoms with Gasteiger partial charge in [-0.3, -0.25) is 14.9 Å². The Balaban J connectivity index is 1.80. The summed E-state index contributed by atoms with van der Waals surface area (Å²) in [7, 11) is 0.